The number of allylic oxidation sites excluding steroid dienone is 1. The number of methoxy groups -OCH3 is 1. The van der Waals surface area contributed by atoms with E-state index in [2.05, 4.69) is 4.74 Å². The molecule has 0 amide bonds. The third-order valence-electron chi connectivity index (χ3n) is 1.60. The number of aliphatic hydroxyl groups is 1. The molecule has 0 aliphatic carbocycles. The number of benzene rings is 1. The van der Waals surface area contributed by atoms with Crippen molar-refractivity contribution in [3.05, 3.63) is 47.9 Å². The molecule has 3 nitrogen and oxygen atoms in total. The van der Waals surface area contributed by atoms with E-state index < -0.39 is 0 Å². The third kappa shape index (κ3) is 2.08. The lowest BCUT2D eigenvalue weighted by molar-refractivity contribution is 0.0944. The summed E-state index contributed by atoms with van der Waals surface area (Å²) in [5, 5.41) is 8.65. The summed E-state index contributed by atoms with van der Waals surface area (Å²) in [4.78, 5) is 11.5. The summed E-state index contributed by atoms with van der Waals surface area (Å²) in [6.07, 6.45) is 0.662. The lowest BCUT2D eigenvalue weighted by atomic mass is 10.1. The number of Topliss-reactive ketones (excluding diaryl/α,β-unsaturated/α-hetero) is 1. The Morgan fingerprint density at radius 3 is 2.46 bits per heavy atom. The molecule has 1 aromatic carbocycles. The maximum Gasteiger partial charge on any atom is 0.230 e. The molecule has 3 heteroatoms. The molecule has 68 valence electrons. The summed E-state index contributed by atoms with van der Waals surface area (Å²) in [6.45, 7) is 0. The van der Waals surface area contributed by atoms with Crippen LogP contribution in [-0.4, -0.2) is 18.0 Å². The summed E-state index contributed by atoms with van der Waals surface area (Å²) in [5.74, 6) is -0.392. The minimum Gasteiger partial charge on any atom is -0.512 e. The average molecular weight is 178 g/mol. The van der Waals surface area contributed by atoms with Crippen LogP contribution in [0.4, 0.5) is 0 Å². The van der Waals surface area contributed by atoms with E-state index in [0.29, 0.717) is 11.8 Å². The monoisotopic (exact) mass is 178 g/mol. The van der Waals surface area contributed by atoms with Crippen LogP contribution in [0.3, 0.4) is 0 Å². The van der Waals surface area contributed by atoms with Gasteiger partial charge in [-0.1, -0.05) is 30.3 Å². The van der Waals surface area contributed by atoms with Crippen LogP contribution in [0.1, 0.15) is 10.4 Å². The van der Waals surface area contributed by atoms with Gasteiger partial charge in [0.25, 0.3) is 0 Å². The van der Waals surface area contributed by atoms with Gasteiger partial charge in [0.1, 0.15) is 6.26 Å². The van der Waals surface area contributed by atoms with Crippen LogP contribution in [0.15, 0.2) is 42.4 Å². The maximum absolute atomic E-state index is 11.5. The highest BCUT2D eigenvalue weighted by atomic mass is 16.5. The van der Waals surface area contributed by atoms with Crippen molar-refractivity contribution in [3.8, 4) is 0 Å². The fourth-order valence-corrected chi connectivity index (χ4v) is 0.936. The quantitative estimate of drug-likeness (QED) is 0.437. The Labute approximate surface area is 76.3 Å². The second kappa shape index (κ2) is 4.30. The number of carbonyl (C=O) groups is 1. The van der Waals surface area contributed by atoms with Crippen LogP contribution >= 0.6 is 0 Å². The van der Waals surface area contributed by atoms with Crippen molar-refractivity contribution in [3.63, 3.8) is 0 Å². The van der Waals surface area contributed by atoms with Crippen molar-refractivity contribution in [2.24, 2.45) is 0 Å². The van der Waals surface area contributed by atoms with Gasteiger partial charge in [0.15, 0.2) is 0 Å². The molecule has 0 aliphatic heterocycles. The van der Waals surface area contributed by atoms with Crippen molar-refractivity contribution in [1.82, 2.24) is 0 Å². The SMILES string of the molecule is COC(=CO)C(=O)c1ccccc1. The molecule has 1 N–H and O–H groups in total. The van der Waals surface area contributed by atoms with Gasteiger partial charge in [-0.25, -0.2) is 0 Å². The van der Waals surface area contributed by atoms with E-state index in [1.165, 1.54) is 7.11 Å². The van der Waals surface area contributed by atoms with Gasteiger partial charge in [0, 0.05) is 5.56 Å². The van der Waals surface area contributed by atoms with Crippen molar-refractivity contribution < 1.29 is 14.6 Å². The minimum absolute atomic E-state index is 0.0637. The van der Waals surface area contributed by atoms with Crippen molar-refractivity contribution in [1.29, 1.82) is 0 Å². The van der Waals surface area contributed by atoms with Gasteiger partial charge in [-0.15, -0.1) is 0 Å². The number of ketones is 1. The van der Waals surface area contributed by atoms with Crippen LogP contribution in [0.5, 0.6) is 0 Å². The number of hydrogen-bond donors (Lipinski definition) is 1. The third-order valence-corrected chi connectivity index (χ3v) is 1.60. The second-order valence-corrected chi connectivity index (χ2v) is 2.39. The van der Waals surface area contributed by atoms with E-state index in [1.54, 1.807) is 24.3 Å². The van der Waals surface area contributed by atoms with E-state index in [-0.39, 0.29) is 11.5 Å². The Kier molecular flexibility index (Phi) is 3.09. The average Bonchev–Trinajstić information content (AvgIpc) is 2.21. The van der Waals surface area contributed by atoms with Gasteiger partial charge < -0.3 is 9.84 Å². The molecule has 0 heterocycles. The Hall–Kier alpha value is -1.77. The molecule has 1 aromatic rings. The Morgan fingerprint density at radius 2 is 2.00 bits per heavy atom. The topological polar surface area (TPSA) is 46.5 Å². The Balaban J connectivity index is 2.92. The normalized spacial score (nSPS) is 11.0. The highest BCUT2D eigenvalue weighted by molar-refractivity contribution is 6.07. The molecule has 0 radical (unpaired) electrons. The zero-order valence-corrected chi connectivity index (χ0v) is 7.23. The molecule has 0 spiro atoms. The van der Waals surface area contributed by atoms with Crippen LogP contribution in [0, 0.1) is 0 Å². The van der Waals surface area contributed by atoms with Crippen LogP contribution < -0.4 is 0 Å². The Bertz CT molecular complexity index is 314. The standard InChI is InChI=1S/C10H10O3/c1-13-9(7-11)10(12)8-5-3-2-4-6-8/h2-7,11H,1H3. The molecule has 0 aromatic heterocycles. The maximum atomic E-state index is 11.5. The predicted molar refractivity (Wildman–Crippen MR) is 48.5 cm³/mol. The fraction of sp³-hybridized carbons (Fsp3) is 0.100. The predicted octanol–water partition coefficient (Wildman–Crippen LogP) is 1.92. The molecule has 0 fully saturated rings. The summed E-state index contributed by atoms with van der Waals surface area (Å²) in [6, 6.07) is 8.62. The van der Waals surface area contributed by atoms with E-state index in [9.17, 15) is 4.79 Å². The summed E-state index contributed by atoms with van der Waals surface area (Å²) in [7, 11) is 1.34. The van der Waals surface area contributed by atoms with Gasteiger partial charge in [-0.05, 0) is 0 Å². The molecule has 0 atom stereocenters. The first-order chi connectivity index (χ1) is 6.29. The molecular formula is C10H10O3. The summed E-state index contributed by atoms with van der Waals surface area (Å²) >= 11 is 0. The molecular weight excluding hydrogens is 168 g/mol. The molecule has 0 unspecified atom stereocenters. The molecule has 0 saturated heterocycles. The number of carbonyl (C=O) groups excluding carboxylic acids is 1. The molecule has 0 saturated carbocycles. The molecule has 1 rings (SSSR count). The van der Waals surface area contributed by atoms with Crippen molar-refractivity contribution >= 4 is 5.78 Å². The van der Waals surface area contributed by atoms with Crippen LogP contribution in [-0.2, 0) is 4.74 Å². The number of aliphatic hydroxyl groups excluding tert-OH is 1. The van der Waals surface area contributed by atoms with Gasteiger partial charge in [0.05, 0.1) is 7.11 Å². The van der Waals surface area contributed by atoms with Crippen molar-refractivity contribution in [2.75, 3.05) is 7.11 Å². The van der Waals surface area contributed by atoms with E-state index in [0.717, 1.165) is 0 Å². The fourth-order valence-electron chi connectivity index (χ4n) is 0.936. The Morgan fingerprint density at radius 1 is 1.38 bits per heavy atom. The number of rotatable bonds is 3. The van der Waals surface area contributed by atoms with Crippen molar-refractivity contribution in [2.45, 2.75) is 0 Å². The molecule has 0 aliphatic rings. The van der Waals surface area contributed by atoms with E-state index >= 15 is 0 Å². The summed E-state index contributed by atoms with van der Waals surface area (Å²) < 4.78 is 4.68. The minimum atomic E-state index is -0.328. The highest BCUT2D eigenvalue weighted by Crippen LogP contribution is 2.07. The van der Waals surface area contributed by atoms with Crippen LogP contribution in [0.2, 0.25) is 0 Å². The first kappa shape index (κ1) is 9.32. The van der Waals surface area contributed by atoms with Crippen LogP contribution in [0.25, 0.3) is 0 Å². The number of ether oxygens (including phenoxy) is 1. The van der Waals surface area contributed by atoms with E-state index in [4.69, 9.17) is 5.11 Å². The van der Waals surface area contributed by atoms with Gasteiger partial charge in [0.2, 0.25) is 11.5 Å². The van der Waals surface area contributed by atoms with Gasteiger partial charge in [-0.3, -0.25) is 4.79 Å². The van der Waals surface area contributed by atoms with Gasteiger partial charge in [-0.2, -0.15) is 0 Å². The molecule has 0 bridgehead atoms. The zero-order chi connectivity index (χ0) is 9.68. The zero-order valence-electron chi connectivity index (χ0n) is 7.23. The highest BCUT2D eigenvalue weighted by Gasteiger charge is 2.11. The first-order valence-corrected chi connectivity index (χ1v) is 3.77. The lowest BCUT2D eigenvalue weighted by Crippen LogP contribution is -2.04. The second-order valence-electron chi connectivity index (χ2n) is 2.39. The summed E-state index contributed by atoms with van der Waals surface area (Å²) in [5.41, 5.74) is 0.490. The van der Waals surface area contributed by atoms with Gasteiger partial charge >= 0.3 is 0 Å². The lowest BCUT2D eigenvalue weighted by Gasteiger charge is -2.02. The van der Waals surface area contributed by atoms with E-state index in [1.807, 2.05) is 6.07 Å². The largest absolute Gasteiger partial charge is 0.512 e. The smallest absolute Gasteiger partial charge is 0.230 e. The first-order valence-electron chi connectivity index (χ1n) is 3.77. The number of hydrogen-bond acceptors (Lipinski definition) is 3. The molecule has 13 heavy (non-hydrogen) atoms.